The Morgan fingerprint density at radius 3 is 2.60 bits per heavy atom. The molecule has 0 saturated heterocycles. The van der Waals surface area contributed by atoms with Crippen molar-refractivity contribution in [2.24, 2.45) is 0 Å². The largest absolute Gasteiger partial charge is 0.381 e. The van der Waals surface area contributed by atoms with Gasteiger partial charge in [-0.1, -0.05) is 6.42 Å². The van der Waals surface area contributed by atoms with E-state index in [0.717, 1.165) is 17.3 Å². The predicted octanol–water partition coefficient (Wildman–Crippen LogP) is 2.43. The van der Waals surface area contributed by atoms with Crippen molar-refractivity contribution in [1.82, 2.24) is 5.32 Å². The first-order chi connectivity index (χ1) is 7.31. The van der Waals surface area contributed by atoms with Gasteiger partial charge in [-0.05, 0) is 38.4 Å². The second-order valence-electron chi connectivity index (χ2n) is 4.91. The normalized spacial score (nSPS) is 41.2. The van der Waals surface area contributed by atoms with Gasteiger partial charge in [0.2, 0.25) is 0 Å². The van der Waals surface area contributed by atoms with Crippen molar-refractivity contribution in [3.8, 4) is 0 Å². The molecule has 2 aliphatic rings. The summed E-state index contributed by atoms with van der Waals surface area (Å²) >= 11 is 2.04. The average molecular weight is 229 g/mol. The van der Waals surface area contributed by atoms with Gasteiger partial charge in [-0.15, -0.1) is 0 Å². The lowest BCUT2D eigenvalue weighted by Gasteiger charge is -2.39. The van der Waals surface area contributed by atoms with Gasteiger partial charge in [0, 0.05) is 24.4 Å². The molecule has 2 aliphatic carbocycles. The quantitative estimate of drug-likeness (QED) is 0.800. The summed E-state index contributed by atoms with van der Waals surface area (Å²) in [5, 5.41) is 4.69. The molecule has 3 heteroatoms. The Morgan fingerprint density at radius 1 is 1.13 bits per heavy atom. The van der Waals surface area contributed by atoms with Gasteiger partial charge >= 0.3 is 0 Å². The predicted molar refractivity (Wildman–Crippen MR) is 66.5 cm³/mol. The molecule has 2 unspecified atom stereocenters. The molecule has 2 atom stereocenters. The van der Waals surface area contributed by atoms with E-state index in [1.54, 1.807) is 0 Å². The summed E-state index contributed by atoms with van der Waals surface area (Å²) in [4.78, 5) is 0. The van der Waals surface area contributed by atoms with Crippen molar-refractivity contribution >= 4 is 11.8 Å². The van der Waals surface area contributed by atoms with E-state index < -0.39 is 0 Å². The summed E-state index contributed by atoms with van der Waals surface area (Å²) in [6.45, 7) is 0. The van der Waals surface area contributed by atoms with E-state index in [1.807, 2.05) is 18.9 Å². The maximum atomic E-state index is 5.30. The van der Waals surface area contributed by atoms with Crippen molar-refractivity contribution in [3.63, 3.8) is 0 Å². The average Bonchev–Trinajstić information content (AvgIpc) is 2.23. The van der Waals surface area contributed by atoms with Crippen LogP contribution in [0.4, 0.5) is 0 Å². The second kappa shape index (κ2) is 5.55. The van der Waals surface area contributed by atoms with Crippen LogP contribution in [-0.4, -0.2) is 36.8 Å². The fourth-order valence-corrected chi connectivity index (χ4v) is 3.57. The third kappa shape index (κ3) is 3.11. The molecule has 2 fully saturated rings. The van der Waals surface area contributed by atoms with Crippen molar-refractivity contribution in [1.29, 1.82) is 0 Å². The molecule has 0 bridgehead atoms. The molecule has 0 heterocycles. The summed E-state index contributed by atoms with van der Waals surface area (Å²) in [6, 6.07) is 1.51. The van der Waals surface area contributed by atoms with Crippen LogP contribution >= 0.6 is 11.8 Å². The van der Waals surface area contributed by atoms with E-state index in [0.29, 0.717) is 6.10 Å². The number of methoxy groups -OCH3 is 1. The molecule has 1 N–H and O–H groups in total. The summed E-state index contributed by atoms with van der Waals surface area (Å²) in [5.41, 5.74) is 0. The third-order valence-electron chi connectivity index (χ3n) is 3.86. The number of hydrogen-bond acceptors (Lipinski definition) is 3. The molecule has 0 radical (unpaired) electrons. The zero-order valence-corrected chi connectivity index (χ0v) is 10.7. The van der Waals surface area contributed by atoms with Crippen LogP contribution in [0.25, 0.3) is 0 Å². The fraction of sp³-hybridized carbons (Fsp3) is 1.00. The van der Waals surface area contributed by atoms with Crippen LogP contribution in [0.15, 0.2) is 0 Å². The standard InChI is InChI=1S/C12H23NOS/c1-14-11-6-10(7-11)13-9-4-3-5-12(8-9)15-2/h9-13H,3-8H2,1-2H3. The SMILES string of the molecule is COC1CC(NC2CCCC(SC)C2)C1. The lowest BCUT2D eigenvalue weighted by atomic mass is 9.86. The molecule has 0 aliphatic heterocycles. The van der Waals surface area contributed by atoms with Gasteiger partial charge in [0.05, 0.1) is 6.10 Å². The van der Waals surface area contributed by atoms with Gasteiger partial charge in [-0.3, -0.25) is 0 Å². The lowest BCUT2D eigenvalue weighted by molar-refractivity contribution is 0.0129. The van der Waals surface area contributed by atoms with E-state index in [4.69, 9.17) is 4.74 Å². The molecule has 0 spiro atoms. The van der Waals surface area contributed by atoms with Crippen LogP contribution in [0.2, 0.25) is 0 Å². The molecule has 2 rings (SSSR count). The molecule has 0 aromatic heterocycles. The Labute approximate surface area is 97.5 Å². The van der Waals surface area contributed by atoms with E-state index in [9.17, 15) is 0 Å². The van der Waals surface area contributed by atoms with Gasteiger partial charge in [-0.2, -0.15) is 11.8 Å². The van der Waals surface area contributed by atoms with Crippen LogP contribution in [-0.2, 0) is 4.74 Å². The molecule has 0 aromatic carbocycles. The summed E-state index contributed by atoms with van der Waals surface area (Å²) in [5.74, 6) is 0. The van der Waals surface area contributed by atoms with E-state index in [1.165, 1.54) is 38.5 Å². The maximum absolute atomic E-state index is 5.30. The minimum atomic E-state index is 0.530. The topological polar surface area (TPSA) is 21.3 Å². The molecule has 0 aromatic rings. The van der Waals surface area contributed by atoms with Gasteiger partial charge in [0.1, 0.15) is 0 Å². The summed E-state index contributed by atoms with van der Waals surface area (Å²) in [6.07, 6.45) is 10.8. The molecular weight excluding hydrogens is 206 g/mol. The highest BCUT2D eigenvalue weighted by Gasteiger charge is 2.31. The van der Waals surface area contributed by atoms with Gasteiger partial charge in [0.15, 0.2) is 0 Å². The second-order valence-corrected chi connectivity index (χ2v) is 6.05. The minimum absolute atomic E-state index is 0.530. The fourth-order valence-electron chi connectivity index (χ4n) is 2.74. The zero-order chi connectivity index (χ0) is 10.7. The van der Waals surface area contributed by atoms with Crippen molar-refractivity contribution in [3.05, 3.63) is 0 Å². The Kier molecular flexibility index (Phi) is 4.35. The number of nitrogens with one attached hydrogen (secondary N) is 1. The Hall–Kier alpha value is 0.270. The number of ether oxygens (including phenoxy) is 1. The summed E-state index contributed by atoms with van der Waals surface area (Å²) in [7, 11) is 1.82. The number of rotatable bonds is 4. The van der Waals surface area contributed by atoms with Crippen molar-refractivity contribution < 1.29 is 4.74 Å². The number of hydrogen-bond donors (Lipinski definition) is 1. The monoisotopic (exact) mass is 229 g/mol. The Balaban J connectivity index is 1.66. The highest BCUT2D eigenvalue weighted by Crippen LogP contribution is 2.29. The third-order valence-corrected chi connectivity index (χ3v) is 4.95. The maximum Gasteiger partial charge on any atom is 0.0601 e. The van der Waals surface area contributed by atoms with Crippen molar-refractivity contribution in [2.45, 2.75) is 62.0 Å². The number of thioether (sulfide) groups is 1. The van der Waals surface area contributed by atoms with Crippen LogP contribution in [0.5, 0.6) is 0 Å². The van der Waals surface area contributed by atoms with Crippen LogP contribution in [0.1, 0.15) is 38.5 Å². The first-order valence-electron chi connectivity index (χ1n) is 6.13. The van der Waals surface area contributed by atoms with E-state index in [2.05, 4.69) is 11.6 Å². The first-order valence-corrected chi connectivity index (χ1v) is 7.42. The molecular formula is C12H23NOS. The van der Waals surface area contributed by atoms with Crippen LogP contribution < -0.4 is 5.32 Å². The molecule has 2 saturated carbocycles. The zero-order valence-electron chi connectivity index (χ0n) is 9.87. The highest BCUT2D eigenvalue weighted by atomic mass is 32.2. The van der Waals surface area contributed by atoms with Gasteiger partial charge in [-0.25, -0.2) is 0 Å². The Morgan fingerprint density at radius 2 is 1.93 bits per heavy atom. The molecule has 2 nitrogen and oxygen atoms in total. The minimum Gasteiger partial charge on any atom is -0.381 e. The molecule has 88 valence electrons. The van der Waals surface area contributed by atoms with Crippen LogP contribution in [0, 0.1) is 0 Å². The Bertz CT molecular complexity index is 194. The lowest BCUT2D eigenvalue weighted by Crippen LogP contribution is -2.50. The smallest absolute Gasteiger partial charge is 0.0601 e. The van der Waals surface area contributed by atoms with E-state index in [-0.39, 0.29) is 0 Å². The highest BCUT2D eigenvalue weighted by molar-refractivity contribution is 7.99. The molecule has 0 amide bonds. The first kappa shape index (κ1) is 11.7. The van der Waals surface area contributed by atoms with Gasteiger partial charge < -0.3 is 10.1 Å². The van der Waals surface area contributed by atoms with E-state index >= 15 is 0 Å². The van der Waals surface area contributed by atoms with Crippen LogP contribution in [0.3, 0.4) is 0 Å². The summed E-state index contributed by atoms with van der Waals surface area (Å²) < 4.78 is 5.30. The van der Waals surface area contributed by atoms with Gasteiger partial charge in [0.25, 0.3) is 0 Å². The van der Waals surface area contributed by atoms with Crippen molar-refractivity contribution in [2.75, 3.05) is 13.4 Å². The molecule has 15 heavy (non-hydrogen) atoms.